The smallest absolute Gasteiger partial charge is 0.339 e. The third-order valence-electron chi connectivity index (χ3n) is 4.60. The molecule has 0 bridgehead atoms. The third kappa shape index (κ3) is 3.81. The molecule has 1 fully saturated rings. The average Bonchev–Trinajstić information content (AvgIpc) is 3.49. The molecule has 7 heteroatoms. The SMILES string of the molecule is COC(=O)c1ccccc1NC(=O)C1(C(=O)NCc2ccccc2F)CC1. The topological polar surface area (TPSA) is 84.5 Å². The standard InChI is InChI=1S/C20H19FN2O4/c1-27-17(24)14-7-3-5-9-16(14)23-19(26)20(10-11-20)18(25)22-12-13-6-2-4-8-15(13)21/h2-9H,10-12H2,1H3,(H,22,25)(H,23,26). The monoisotopic (exact) mass is 370 g/mol. The van der Waals surface area contributed by atoms with Gasteiger partial charge < -0.3 is 15.4 Å². The minimum atomic E-state index is -1.20. The molecule has 1 aliphatic rings. The van der Waals surface area contributed by atoms with E-state index in [9.17, 15) is 18.8 Å². The molecule has 0 heterocycles. The summed E-state index contributed by atoms with van der Waals surface area (Å²) in [5.74, 6) is -1.96. The van der Waals surface area contributed by atoms with Crippen molar-refractivity contribution in [2.45, 2.75) is 19.4 Å². The Bertz CT molecular complexity index is 893. The molecule has 0 saturated heterocycles. The number of anilines is 1. The van der Waals surface area contributed by atoms with Gasteiger partial charge in [-0.3, -0.25) is 9.59 Å². The Balaban J connectivity index is 1.69. The lowest BCUT2D eigenvalue weighted by molar-refractivity contribution is -0.134. The second kappa shape index (κ2) is 7.57. The van der Waals surface area contributed by atoms with Gasteiger partial charge in [-0.2, -0.15) is 0 Å². The van der Waals surface area contributed by atoms with Gasteiger partial charge in [-0.25, -0.2) is 9.18 Å². The summed E-state index contributed by atoms with van der Waals surface area (Å²) in [6.07, 6.45) is 0.782. The number of carbonyl (C=O) groups excluding carboxylic acids is 3. The number of para-hydroxylation sites is 1. The van der Waals surface area contributed by atoms with Crippen molar-refractivity contribution >= 4 is 23.5 Å². The molecule has 2 aromatic carbocycles. The van der Waals surface area contributed by atoms with E-state index in [1.807, 2.05) is 0 Å². The van der Waals surface area contributed by atoms with E-state index in [4.69, 9.17) is 4.74 Å². The van der Waals surface area contributed by atoms with Crippen LogP contribution in [0.2, 0.25) is 0 Å². The first-order chi connectivity index (χ1) is 13.0. The fraction of sp³-hybridized carbons (Fsp3) is 0.250. The zero-order chi connectivity index (χ0) is 19.4. The number of hydrogen-bond donors (Lipinski definition) is 2. The fourth-order valence-corrected chi connectivity index (χ4v) is 2.79. The van der Waals surface area contributed by atoms with Gasteiger partial charge >= 0.3 is 5.97 Å². The molecule has 3 rings (SSSR count). The van der Waals surface area contributed by atoms with E-state index in [1.54, 1.807) is 36.4 Å². The molecule has 2 aromatic rings. The quantitative estimate of drug-likeness (QED) is 0.605. The molecule has 1 saturated carbocycles. The maximum absolute atomic E-state index is 13.7. The Hall–Kier alpha value is -3.22. The Morgan fingerprint density at radius 1 is 1.04 bits per heavy atom. The Labute approximate surface area is 155 Å². The van der Waals surface area contributed by atoms with Crippen molar-refractivity contribution in [3.8, 4) is 0 Å². The molecule has 0 aromatic heterocycles. The van der Waals surface area contributed by atoms with E-state index < -0.39 is 29.0 Å². The number of methoxy groups -OCH3 is 1. The summed E-state index contributed by atoms with van der Waals surface area (Å²) in [7, 11) is 1.25. The zero-order valence-corrected chi connectivity index (χ0v) is 14.8. The van der Waals surface area contributed by atoms with Gasteiger partial charge in [0.25, 0.3) is 0 Å². The highest BCUT2D eigenvalue weighted by molar-refractivity contribution is 6.14. The number of amides is 2. The number of esters is 1. The third-order valence-corrected chi connectivity index (χ3v) is 4.60. The number of hydrogen-bond acceptors (Lipinski definition) is 4. The molecule has 140 valence electrons. The molecule has 0 radical (unpaired) electrons. The van der Waals surface area contributed by atoms with Gasteiger partial charge in [0, 0.05) is 12.1 Å². The van der Waals surface area contributed by atoms with Crippen LogP contribution in [0.5, 0.6) is 0 Å². The van der Waals surface area contributed by atoms with Crippen molar-refractivity contribution < 1.29 is 23.5 Å². The van der Waals surface area contributed by atoms with Crippen LogP contribution in [0.4, 0.5) is 10.1 Å². The Morgan fingerprint density at radius 3 is 2.37 bits per heavy atom. The molecular formula is C20H19FN2O4. The summed E-state index contributed by atoms with van der Waals surface area (Å²) >= 11 is 0. The normalized spacial score (nSPS) is 14.1. The number of halogens is 1. The van der Waals surface area contributed by atoms with Crippen LogP contribution in [0.25, 0.3) is 0 Å². The summed E-state index contributed by atoms with van der Waals surface area (Å²) in [6, 6.07) is 12.5. The largest absolute Gasteiger partial charge is 0.465 e. The molecule has 0 atom stereocenters. The van der Waals surface area contributed by atoms with Crippen LogP contribution < -0.4 is 10.6 Å². The maximum Gasteiger partial charge on any atom is 0.339 e. The van der Waals surface area contributed by atoms with Crippen LogP contribution in [-0.4, -0.2) is 24.9 Å². The van der Waals surface area contributed by atoms with Crippen molar-refractivity contribution in [2.75, 3.05) is 12.4 Å². The summed E-state index contributed by atoms with van der Waals surface area (Å²) in [5.41, 5.74) is -0.370. The highest BCUT2D eigenvalue weighted by atomic mass is 19.1. The minimum absolute atomic E-state index is 0.000710. The van der Waals surface area contributed by atoms with Crippen molar-refractivity contribution in [3.05, 3.63) is 65.5 Å². The van der Waals surface area contributed by atoms with Crippen LogP contribution in [0.15, 0.2) is 48.5 Å². The molecule has 0 unspecified atom stereocenters. The molecule has 1 aliphatic carbocycles. The number of carbonyl (C=O) groups is 3. The van der Waals surface area contributed by atoms with E-state index in [2.05, 4.69) is 10.6 Å². The summed E-state index contributed by atoms with van der Waals surface area (Å²) in [4.78, 5) is 37.0. The minimum Gasteiger partial charge on any atom is -0.465 e. The van der Waals surface area contributed by atoms with Crippen molar-refractivity contribution in [1.82, 2.24) is 5.32 Å². The van der Waals surface area contributed by atoms with Gasteiger partial charge in [0.1, 0.15) is 11.2 Å². The molecule has 2 N–H and O–H groups in total. The van der Waals surface area contributed by atoms with Gasteiger partial charge in [0.05, 0.1) is 18.4 Å². The van der Waals surface area contributed by atoms with Crippen molar-refractivity contribution in [1.29, 1.82) is 0 Å². The second-order valence-electron chi connectivity index (χ2n) is 6.35. The van der Waals surface area contributed by atoms with Crippen LogP contribution in [-0.2, 0) is 20.9 Å². The molecule has 2 amide bonds. The molecule has 0 aliphatic heterocycles. The first-order valence-corrected chi connectivity index (χ1v) is 8.48. The van der Waals surface area contributed by atoms with E-state index in [0.717, 1.165) is 0 Å². The lowest BCUT2D eigenvalue weighted by Gasteiger charge is -2.17. The second-order valence-corrected chi connectivity index (χ2v) is 6.35. The fourth-order valence-electron chi connectivity index (χ4n) is 2.79. The first-order valence-electron chi connectivity index (χ1n) is 8.48. The molecular weight excluding hydrogens is 351 g/mol. The van der Waals surface area contributed by atoms with E-state index in [-0.39, 0.29) is 17.8 Å². The number of rotatable bonds is 6. The molecule has 0 spiro atoms. The Kier molecular flexibility index (Phi) is 5.21. The van der Waals surface area contributed by atoms with Gasteiger partial charge in [-0.05, 0) is 31.0 Å². The summed E-state index contributed by atoms with van der Waals surface area (Å²) in [5, 5.41) is 5.27. The van der Waals surface area contributed by atoms with E-state index >= 15 is 0 Å². The van der Waals surface area contributed by atoms with Crippen molar-refractivity contribution in [2.24, 2.45) is 5.41 Å². The highest BCUT2D eigenvalue weighted by Gasteiger charge is 2.56. The zero-order valence-electron chi connectivity index (χ0n) is 14.8. The summed E-state index contributed by atoms with van der Waals surface area (Å²) in [6.45, 7) is -0.000710. The average molecular weight is 370 g/mol. The van der Waals surface area contributed by atoms with Gasteiger partial charge in [-0.15, -0.1) is 0 Å². The highest BCUT2D eigenvalue weighted by Crippen LogP contribution is 2.47. The van der Waals surface area contributed by atoms with E-state index in [0.29, 0.717) is 18.4 Å². The number of nitrogens with one attached hydrogen (secondary N) is 2. The molecule has 27 heavy (non-hydrogen) atoms. The van der Waals surface area contributed by atoms with Crippen LogP contribution in [0.3, 0.4) is 0 Å². The van der Waals surface area contributed by atoms with Crippen LogP contribution in [0.1, 0.15) is 28.8 Å². The lowest BCUT2D eigenvalue weighted by atomic mass is 10.0. The summed E-state index contributed by atoms with van der Waals surface area (Å²) < 4.78 is 18.4. The predicted molar refractivity (Wildman–Crippen MR) is 96.3 cm³/mol. The van der Waals surface area contributed by atoms with Gasteiger partial charge in [-0.1, -0.05) is 30.3 Å². The van der Waals surface area contributed by atoms with Gasteiger partial charge in [0.2, 0.25) is 11.8 Å². The number of ether oxygens (including phenoxy) is 1. The van der Waals surface area contributed by atoms with Crippen LogP contribution in [0, 0.1) is 11.2 Å². The first kappa shape index (κ1) is 18.6. The number of benzene rings is 2. The van der Waals surface area contributed by atoms with Gasteiger partial charge in [0.15, 0.2) is 0 Å². The van der Waals surface area contributed by atoms with Crippen molar-refractivity contribution in [3.63, 3.8) is 0 Å². The van der Waals surface area contributed by atoms with Crippen LogP contribution >= 0.6 is 0 Å². The van der Waals surface area contributed by atoms with E-state index in [1.165, 1.54) is 19.2 Å². The lowest BCUT2D eigenvalue weighted by Crippen LogP contribution is -2.40. The Morgan fingerprint density at radius 2 is 1.70 bits per heavy atom. The maximum atomic E-state index is 13.7. The predicted octanol–water partition coefficient (Wildman–Crippen LogP) is 2.65. The molecule has 6 nitrogen and oxygen atoms in total.